The molecule has 2 N–H and O–H groups in total. The van der Waals surface area contributed by atoms with Gasteiger partial charge in [-0.25, -0.2) is 0 Å². The number of pyridine rings is 1. The second kappa shape index (κ2) is 8.16. The predicted octanol–water partition coefficient (Wildman–Crippen LogP) is 5.70. The van der Waals surface area contributed by atoms with Crippen molar-refractivity contribution in [1.82, 2.24) is 4.98 Å². The lowest BCUT2D eigenvalue weighted by atomic mass is 9.33. The number of rotatable bonds is 3. The number of para-hydroxylation sites is 1. The first-order valence-corrected chi connectivity index (χ1v) is 12.8. The highest BCUT2D eigenvalue weighted by Gasteiger charge is 2.37. The molecule has 2 atom stereocenters. The first-order chi connectivity index (χ1) is 17.3. The van der Waals surface area contributed by atoms with E-state index in [1.165, 1.54) is 62.4 Å². The van der Waals surface area contributed by atoms with E-state index in [9.17, 15) is 0 Å². The van der Waals surface area contributed by atoms with Crippen molar-refractivity contribution in [2.75, 3.05) is 10.6 Å². The van der Waals surface area contributed by atoms with Gasteiger partial charge in [0.2, 0.25) is 0 Å². The summed E-state index contributed by atoms with van der Waals surface area (Å²) >= 11 is 0. The highest BCUT2D eigenvalue weighted by atomic mass is 14.9. The standard InChI is InChI=1S/C31H28BN3/c1-2-20-18-21(13-15-23(20)26-9-5-6-17-33-26)22-14-16-28-25(19-22)32-24-8-3-4-10-27(24)34-29-11-7-12-30(35-28)31(29)32/h3-14,16-17,19-20,23,34-35H,2,15,18H2,1H3. The van der Waals surface area contributed by atoms with Gasteiger partial charge in [-0.05, 0) is 82.7 Å². The van der Waals surface area contributed by atoms with E-state index in [1.807, 2.05) is 12.3 Å². The zero-order valence-electron chi connectivity index (χ0n) is 20.0. The molecule has 4 heteroatoms. The minimum absolute atomic E-state index is 0.238. The molecule has 3 heterocycles. The number of nitrogens with zero attached hydrogens (tertiary/aromatic N) is 1. The summed E-state index contributed by atoms with van der Waals surface area (Å²) in [5.74, 6) is 1.13. The highest BCUT2D eigenvalue weighted by molar-refractivity contribution is 7.00. The molecule has 3 aromatic carbocycles. The van der Waals surface area contributed by atoms with E-state index in [1.54, 1.807) is 0 Å². The number of hydrogen-bond donors (Lipinski definition) is 2. The molecule has 0 saturated carbocycles. The van der Waals surface area contributed by atoms with E-state index in [2.05, 4.69) is 96.4 Å². The van der Waals surface area contributed by atoms with E-state index in [0.717, 1.165) is 12.8 Å². The number of anilines is 4. The third kappa shape index (κ3) is 3.31. The molecule has 3 nitrogen and oxygen atoms in total. The lowest BCUT2D eigenvalue weighted by Gasteiger charge is -2.35. The maximum Gasteiger partial charge on any atom is 0.252 e. The van der Waals surface area contributed by atoms with Crippen molar-refractivity contribution in [2.45, 2.75) is 32.1 Å². The number of fused-ring (bicyclic) bond motifs is 4. The molecule has 1 aliphatic carbocycles. The van der Waals surface area contributed by atoms with Crippen LogP contribution in [0.4, 0.5) is 22.7 Å². The van der Waals surface area contributed by atoms with Gasteiger partial charge >= 0.3 is 0 Å². The number of hydrogen-bond acceptors (Lipinski definition) is 3. The average Bonchev–Trinajstić information content (AvgIpc) is 2.93. The number of allylic oxidation sites excluding steroid dienone is 2. The van der Waals surface area contributed by atoms with Gasteiger partial charge in [0.25, 0.3) is 6.71 Å². The smallest absolute Gasteiger partial charge is 0.252 e. The van der Waals surface area contributed by atoms with Crippen LogP contribution in [-0.4, -0.2) is 11.7 Å². The van der Waals surface area contributed by atoms with Gasteiger partial charge in [0.1, 0.15) is 0 Å². The van der Waals surface area contributed by atoms with Crippen LogP contribution in [0.1, 0.15) is 43.4 Å². The zero-order chi connectivity index (χ0) is 23.4. The lowest BCUT2D eigenvalue weighted by molar-refractivity contribution is 0.400. The Labute approximate surface area is 207 Å². The van der Waals surface area contributed by atoms with Crippen LogP contribution in [0.15, 0.2) is 91.1 Å². The first kappa shape index (κ1) is 20.6. The Kier molecular flexibility index (Phi) is 4.80. The van der Waals surface area contributed by atoms with Crippen LogP contribution in [0, 0.1) is 5.92 Å². The van der Waals surface area contributed by atoms with Crippen molar-refractivity contribution in [3.63, 3.8) is 0 Å². The second-order valence-electron chi connectivity index (χ2n) is 10.0. The molecule has 2 aliphatic heterocycles. The van der Waals surface area contributed by atoms with Gasteiger partial charge in [-0.1, -0.05) is 61.9 Å². The van der Waals surface area contributed by atoms with Crippen LogP contribution >= 0.6 is 0 Å². The topological polar surface area (TPSA) is 37.0 Å². The van der Waals surface area contributed by atoms with Gasteiger partial charge in [-0.2, -0.15) is 0 Å². The number of aromatic nitrogens is 1. The van der Waals surface area contributed by atoms with Crippen molar-refractivity contribution in [3.05, 3.63) is 102 Å². The SMILES string of the molecule is CCC1CC(c2ccc3c(c2)B2c4ccccc4Nc4cccc(c42)N3)=CCC1c1ccccn1. The summed E-state index contributed by atoms with van der Waals surface area (Å²) in [6.45, 7) is 2.56. The van der Waals surface area contributed by atoms with Crippen LogP contribution < -0.4 is 27.0 Å². The Balaban J connectivity index is 1.30. The van der Waals surface area contributed by atoms with E-state index in [4.69, 9.17) is 4.98 Å². The summed E-state index contributed by atoms with van der Waals surface area (Å²) in [5.41, 5.74) is 13.0. The van der Waals surface area contributed by atoms with Gasteiger partial charge in [0, 0.05) is 40.6 Å². The van der Waals surface area contributed by atoms with Crippen LogP contribution in [0.25, 0.3) is 5.57 Å². The van der Waals surface area contributed by atoms with Crippen molar-refractivity contribution < 1.29 is 0 Å². The quantitative estimate of drug-likeness (QED) is 0.338. The third-order valence-electron chi connectivity index (χ3n) is 8.20. The Morgan fingerprint density at radius 2 is 1.60 bits per heavy atom. The fraction of sp³-hybridized carbons (Fsp3) is 0.194. The third-order valence-corrected chi connectivity index (χ3v) is 8.20. The lowest BCUT2D eigenvalue weighted by Crippen LogP contribution is -2.59. The minimum Gasteiger partial charge on any atom is -0.356 e. The zero-order valence-corrected chi connectivity index (χ0v) is 20.0. The summed E-state index contributed by atoms with van der Waals surface area (Å²) in [4.78, 5) is 4.69. The molecule has 3 aliphatic rings. The molecular formula is C31H28BN3. The first-order valence-electron chi connectivity index (χ1n) is 12.8. The largest absolute Gasteiger partial charge is 0.356 e. The second-order valence-corrected chi connectivity index (χ2v) is 10.0. The Morgan fingerprint density at radius 1 is 0.829 bits per heavy atom. The highest BCUT2D eigenvalue weighted by Crippen LogP contribution is 2.42. The van der Waals surface area contributed by atoms with Crippen LogP contribution in [0.2, 0.25) is 0 Å². The van der Waals surface area contributed by atoms with E-state index in [0.29, 0.717) is 11.8 Å². The number of benzene rings is 3. The fourth-order valence-corrected chi connectivity index (χ4v) is 6.43. The summed E-state index contributed by atoms with van der Waals surface area (Å²) in [5, 5.41) is 7.39. The summed E-state index contributed by atoms with van der Waals surface area (Å²) in [7, 11) is 0. The van der Waals surface area contributed by atoms with Crippen molar-refractivity contribution in [1.29, 1.82) is 0 Å². The summed E-state index contributed by atoms with van der Waals surface area (Å²) in [6.07, 6.45) is 7.74. The Morgan fingerprint density at radius 3 is 2.40 bits per heavy atom. The predicted molar refractivity (Wildman–Crippen MR) is 149 cm³/mol. The Hall–Kier alpha value is -3.79. The van der Waals surface area contributed by atoms with Crippen LogP contribution in [0.3, 0.4) is 0 Å². The minimum atomic E-state index is 0.238. The molecule has 0 fully saturated rings. The van der Waals surface area contributed by atoms with E-state index >= 15 is 0 Å². The summed E-state index contributed by atoms with van der Waals surface area (Å²) in [6, 6.07) is 28.7. The number of nitrogens with one attached hydrogen (secondary N) is 2. The molecule has 2 unspecified atom stereocenters. The molecule has 35 heavy (non-hydrogen) atoms. The maximum absolute atomic E-state index is 4.69. The van der Waals surface area contributed by atoms with Crippen molar-refractivity contribution in [2.24, 2.45) is 5.92 Å². The van der Waals surface area contributed by atoms with Crippen LogP contribution in [0.5, 0.6) is 0 Å². The fourth-order valence-electron chi connectivity index (χ4n) is 6.43. The monoisotopic (exact) mass is 453 g/mol. The average molecular weight is 453 g/mol. The van der Waals surface area contributed by atoms with E-state index in [-0.39, 0.29) is 6.71 Å². The van der Waals surface area contributed by atoms with Gasteiger partial charge in [0.15, 0.2) is 0 Å². The molecule has 4 aromatic rings. The molecule has 0 radical (unpaired) electrons. The Bertz CT molecular complexity index is 1450. The normalized spacial score (nSPS) is 19.5. The molecular weight excluding hydrogens is 425 g/mol. The molecule has 0 amide bonds. The molecule has 1 aromatic heterocycles. The molecule has 0 bridgehead atoms. The molecule has 0 spiro atoms. The van der Waals surface area contributed by atoms with Gasteiger partial charge in [-0.3, -0.25) is 4.98 Å². The summed E-state index contributed by atoms with van der Waals surface area (Å²) < 4.78 is 0. The van der Waals surface area contributed by atoms with Gasteiger partial charge < -0.3 is 10.6 Å². The van der Waals surface area contributed by atoms with E-state index < -0.39 is 0 Å². The van der Waals surface area contributed by atoms with Crippen molar-refractivity contribution in [3.8, 4) is 0 Å². The van der Waals surface area contributed by atoms with Gasteiger partial charge in [0.05, 0.1) is 0 Å². The molecule has 0 saturated heterocycles. The van der Waals surface area contributed by atoms with Gasteiger partial charge in [-0.15, -0.1) is 0 Å². The van der Waals surface area contributed by atoms with Crippen molar-refractivity contribution >= 4 is 51.4 Å². The maximum atomic E-state index is 4.69. The molecule has 170 valence electrons. The van der Waals surface area contributed by atoms with Crippen LogP contribution in [-0.2, 0) is 0 Å². The molecule has 7 rings (SSSR count).